The van der Waals surface area contributed by atoms with Gasteiger partial charge in [-0.25, -0.2) is 9.78 Å². The zero-order valence-electron chi connectivity index (χ0n) is 6.96. The lowest BCUT2D eigenvalue weighted by Crippen LogP contribution is -1.99. The minimum atomic E-state index is -0.928. The number of aromatic nitrogens is 2. The van der Waals surface area contributed by atoms with Crippen LogP contribution in [0.3, 0.4) is 0 Å². The van der Waals surface area contributed by atoms with Crippen molar-refractivity contribution in [3.05, 3.63) is 29.6 Å². The van der Waals surface area contributed by atoms with Gasteiger partial charge in [0.15, 0.2) is 6.33 Å². The van der Waals surface area contributed by atoms with Gasteiger partial charge in [-0.15, -0.1) is 0 Å². The molecular formula is C9H7N2O2. The van der Waals surface area contributed by atoms with Gasteiger partial charge in [-0.2, -0.15) is 0 Å². The lowest BCUT2D eigenvalue weighted by Gasteiger charge is -1.99. The second-order valence-electron chi connectivity index (χ2n) is 2.79. The Hall–Kier alpha value is -1.84. The van der Waals surface area contributed by atoms with Crippen LogP contribution >= 0.6 is 0 Å². The van der Waals surface area contributed by atoms with Crippen LogP contribution < -0.4 is 0 Å². The molecule has 2 rings (SSSR count). The second-order valence-corrected chi connectivity index (χ2v) is 2.79. The molecule has 0 aliphatic rings. The molecule has 0 aliphatic heterocycles. The van der Waals surface area contributed by atoms with Crippen LogP contribution in [0.2, 0.25) is 0 Å². The normalized spacial score (nSPS) is 10.5. The number of aromatic carboxylic acids is 1. The molecule has 0 fully saturated rings. The molecule has 1 aromatic heterocycles. The van der Waals surface area contributed by atoms with Crippen molar-refractivity contribution in [3.63, 3.8) is 0 Å². The third kappa shape index (κ3) is 1.07. The Morgan fingerprint density at radius 3 is 3.08 bits per heavy atom. The van der Waals surface area contributed by atoms with Crippen LogP contribution in [-0.4, -0.2) is 21.0 Å². The summed E-state index contributed by atoms with van der Waals surface area (Å²) in [6.07, 6.45) is 2.58. The Morgan fingerprint density at radius 2 is 2.38 bits per heavy atom. The molecule has 0 amide bonds. The number of benzene rings is 1. The average molecular weight is 175 g/mol. The molecule has 2 N–H and O–H groups in total. The minimum absolute atomic E-state index is 0.285. The number of carboxylic acids is 1. The van der Waals surface area contributed by atoms with Gasteiger partial charge in [-0.3, -0.25) is 0 Å². The molecule has 2 aromatic rings. The summed E-state index contributed by atoms with van der Waals surface area (Å²) >= 11 is 0. The van der Waals surface area contributed by atoms with Crippen LogP contribution in [0.25, 0.3) is 11.0 Å². The van der Waals surface area contributed by atoms with Crippen molar-refractivity contribution in [2.75, 3.05) is 0 Å². The number of nitrogens with one attached hydrogen (secondary N) is 1. The molecule has 4 nitrogen and oxygen atoms in total. The number of carbonyl (C=O) groups is 1. The monoisotopic (exact) mass is 175 g/mol. The number of imidazole rings is 1. The maximum Gasteiger partial charge on any atom is 0.336 e. The number of H-pyrrole nitrogens is 1. The lowest BCUT2D eigenvalue weighted by atomic mass is 10.1. The van der Waals surface area contributed by atoms with Crippen LogP contribution in [0.15, 0.2) is 12.1 Å². The van der Waals surface area contributed by atoms with E-state index in [0.29, 0.717) is 11.1 Å². The van der Waals surface area contributed by atoms with E-state index in [0.717, 1.165) is 5.52 Å². The quantitative estimate of drug-likeness (QED) is 0.687. The highest BCUT2D eigenvalue weighted by Crippen LogP contribution is 2.17. The zero-order chi connectivity index (χ0) is 9.42. The maximum absolute atomic E-state index is 10.7. The van der Waals surface area contributed by atoms with Gasteiger partial charge in [0.1, 0.15) is 0 Å². The fourth-order valence-corrected chi connectivity index (χ4v) is 1.32. The summed E-state index contributed by atoms with van der Waals surface area (Å²) in [4.78, 5) is 17.5. The molecule has 0 spiro atoms. The Morgan fingerprint density at radius 1 is 1.62 bits per heavy atom. The summed E-state index contributed by atoms with van der Waals surface area (Å²) in [6.45, 7) is 1.74. The number of aromatic amines is 1. The van der Waals surface area contributed by atoms with Gasteiger partial charge in [0, 0.05) is 0 Å². The summed E-state index contributed by atoms with van der Waals surface area (Å²) in [7, 11) is 0. The topological polar surface area (TPSA) is 66.0 Å². The van der Waals surface area contributed by atoms with Crippen LogP contribution in [0, 0.1) is 13.3 Å². The van der Waals surface area contributed by atoms with Crippen LogP contribution in [0.1, 0.15) is 15.9 Å². The van der Waals surface area contributed by atoms with Crippen molar-refractivity contribution in [3.8, 4) is 0 Å². The van der Waals surface area contributed by atoms with Crippen molar-refractivity contribution < 1.29 is 9.90 Å². The Bertz CT molecular complexity index is 473. The maximum atomic E-state index is 10.7. The number of rotatable bonds is 1. The van der Waals surface area contributed by atoms with Crippen LogP contribution in [0.4, 0.5) is 0 Å². The van der Waals surface area contributed by atoms with Gasteiger partial charge in [-0.05, 0) is 24.6 Å². The summed E-state index contributed by atoms with van der Waals surface area (Å²) in [5.41, 5.74) is 2.43. The molecule has 0 saturated heterocycles. The molecule has 0 bridgehead atoms. The number of carboxylic acid groups (broad SMARTS) is 1. The Kier molecular flexibility index (Phi) is 1.55. The highest BCUT2D eigenvalue weighted by Gasteiger charge is 2.10. The molecule has 1 aromatic carbocycles. The molecule has 13 heavy (non-hydrogen) atoms. The summed E-state index contributed by atoms with van der Waals surface area (Å²) in [5.74, 6) is -0.928. The van der Waals surface area contributed by atoms with Crippen LogP contribution in [-0.2, 0) is 0 Å². The molecule has 0 saturated carbocycles. The number of nitrogens with zero attached hydrogens (tertiary/aromatic N) is 1. The molecule has 0 unspecified atom stereocenters. The number of fused-ring (bicyclic) bond motifs is 1. The van der Waals surface area contributed by atoms with Gasteiger partial charge in [0.2, 0.25) is 0 Å². The van der Waals surface area contributed by atoms with E-state index in [-0.39, 0.29) is 5.56 Å². The van der Waals surface area contributed by atoms with E-state index in [9.17, 15) is 4.79 Å². The lowest BCUT2D eigenvalue weighted by molar-refractivity contribution is 0.0696. The minimum Gasteiger partial charge on any atom is -0.478 e. The largest absolute Gasteiger partial charge is 0.478 e. The van der Waals surface area contributed by atoms with Crippen molar-refractivity contribution in [1.82, 2.24) is 9.97 Å². The first-order valence-corrected chi connectivity index (χ1v) is 3.79. The first kappa shape index (κ1) is 7.79. The van der Waals surface area contributed by atoms with E-state index in [1.807, 2.05) is 0 Å². The van der Waals surface area contributed by atoms with Crippen molar-refractivity contribution >= 4 is 17.0 Å². The molecule has 1 heterocycles. The molecule has 65 valence electrons. The summed E-state index contributed by atoms with van der Waals surface area (Å²) < 4.78 is 0. The van der Waals surface area contributed by atoms with Gasteiger partial charge in [0.05, 0.1) is 16.6 Å². The van der Waals surface area contributed by atoms with Crippen molar-refractivity contribution in [1.29, 1.82) is 0 Å². The Balaban J connectivity index is 2.80. The highest BCUT2D eigenvalue weighted by atomic mass is 16.4. The predicted octanol–water partition coefficient (Wildman–Crippen LogP) is 1.37. The average Bonchev–Trinajstić information content (AvgIpc) is 2.52. The van der Waals surface area contributed by atoms with Crippen LogP contribution in [0.5, 0.6) is 0 Å². The van der Waals surface area contributed by atoms with E-state index in [1.165, 1.54) is 0 Å². The summed E-state index contributed by atoms with van der Waals surface area (Å²) in [5, 5.41) is 8.81. The molecule has 1 radical (unpaired) electrons. The smallest absolute Gasteiger partial charge is 0.336 e. The van der Waals surface area contributed by atoms with Gasteiger partial charge < -0.3 is 10.1 Å². The zero-order valence-corrected chi connectivity index (χ0v) is 6.96. The standard InChI is InChI=1S/C9H7N2O2/c1-5-6(9(12)13)2-3-7-8(5)11-4-10-7/h2-3H,1H3,(H,10,11)(H,12,13). The Labute approximate surface area is 74.2 Å². The molecule has 4 heteroatoms. The third-order valence-corrected chi connectivity index (χ3v) is 2.02. The van der Waals surface area contributed by atoms with Gasteiger partial charge >= 0.3 is 5.97 Å². The first-order chi connectivity index (χ1) is 6.20. The molecule has 0 aliphatic carbocycles. The van der Waals surface area contributed by atoms with E-state index < -0.39 is 5.97 Å². The number of hydrogen-bond acceptors (Lipinski definition) is 2. The third-order valence-electron chi connectivity index (χ3n) is 2.02. The fourth-order valence-electron chi connectivity index (χ4n) is 1.32. The number of aryl methyl sites for hydroxylation is 1. The van der Waals surface area contributed by atoms with E-state index in [4.69, 9.17) is 5.11 Å². The van der Waals surface area contributed by atoms with E-state index in [1.54, 1.807) is 19.1 Å². The predicted molar refractivity (Wildman–Crippen MR) is 46.6 cm³/mol. The highest BCUT2D eigenvalue weighted by molar-refractivity contribution is 5.95. The number of hydrogen-bond donors (Lipinski definition) is 2. The first-order valence-electron chi connectivity index (χ1n) is 3.79. The van der Waals surface area contributed by atoms with Crippen molar-refractivity contribution in [2.24, 2.45) is 0 Å². The van der Waals surface area contributed by atoms with E-state index in [2.05, 4.69) is 16.3 Å². The van der Waals surface area contributed by atoms with Gasteiger partial charge in [-0.1, -0.05) is 0 Å². The molecular weight excluding hydrogens is 168 g/mol. The van der Waals surface area contributed by atoms with Gasteiger partial charge in [0.25, 0.3) is 0 Å². The molecule has 0 atom stereocenters. The fraction of sp³-hybridized carbons (Fsp3) is 0.111. The second kappa shape index (κ2) is 2.58. The summed E-state index contributed by atoms with van der Waals surface area (Å²) in [6, 6.07) is 3.25. The van der Waals surface area contributed by atoms with Crippen molar-refractivity contribution in [2.45, 2.75) is 6.92 Å². The SMILES string of the molecule is Cc1c(C(=O)O)ccc2[nH][c]nc12. The van der Waals surface area contributed by atoms with E-state index >= 15 is 0 Å².